The van der Waals surface area contributed by atoms with E-state index in [1.807, 2.05) is 12.1 Å². The van der Waals surface area contributed by atoms with E-state index in [2.05, 4.69) is 78.9 Å². The molecule has 161 valence electrons. The number of aliphatic hydroxyl groups excluding tert-OH is 1. The smallest absolute Gasteiger partial charge is 0.155 e. The topological polar surface area (TPSA) is 50.2 Å². The number of benzene rings is 3. The number of nitrogens with zero attached hydrogens (tertiary/aromatic N) is 1. The van der Waals surface area contributed by atoms with Crippen molar-refractivity contribution in [3.8, 4) is 22.4 Å². The Balaban J connectivity index is 0.000000318. The predicted molar refractivity (Wildman–Crippen MR) is 127 cm³/mol. The third-order valence-electron chi connectivity index (χ3n) is 4.95. The normalized spacial score (nSPS) is 11.5. The van der Waals surface area contributed by atoms with Crippen LogP contribution in [0.4, 0.5) is 0 Å². The Labute approximate surface area is 201 Å². The number of carbonyl (C=O) groups excluding carboxylic acids is 1. The maximum Gasteiger partial charge on any atom is 0.155 e. The Morgan fingerprint density at radius 1 is 0.906 bits per heavy atom. The van der Waals surface area contributed by atoms with Crippen LogP contribution in [0.25, 0.3) is 45.4 Å². The van der Waals surface area contributed by atoms with Crippen molar-refractivity contribution in [3.05, 3.63) is 102 Å². The number of aliphatic hydroxyl groups is 1. The van der Waals surface area contributed by atoms with E-state index >= 15 is 0 Å². The SMILES string of the molecule is CC(=O)/C=C(/C)O.[Ir].[c-]1cc(-c2ccccc2)ccc1-c1cc2c3c(cccc3n1)C=C2. The van der Waals surface area contributed by atoms with Crippen molar-refractivity contribution in [1.82, 2.24) is 4.98 Å². The van der Waals surface area contributed by atoms with Crippen LogP contribution in [0.1, 0.15) is 25.0 Å². The molecule has 0 saturated heterocycles. The molecule has 0 amide bonds. The van der Waals surface area contributed by atoms with Crippen molar-refractivity contribution < 1.29 is 30.0 Å². The average Bonchev–Trinajstić information content (AvgIpc) is 3.19. The largest absolute Gasteiger partial charge is 0.512 e. The maximum atomic E-state index is 10.0. The van der Waals surface area contributed by atoms with E-state index in [9.17, 15) is 4.79 Å². The van der Waals surface area contributed by atoms with Crippen molar-refractivity contribution in [2.45, 2.75) is 13.8 Å². The van der Waals surface area contributed by atoms with E-state index in [0.29, 0.717) is 0 Å². The Bertz CT molecular complexity index is 1300. The summed E-state index contributed by atoms with van der Waals surface area (Å²) in [6.07, 6.45) is 5.49. The van der Waals surface area contributed by atoms with Crippen LogP contribution in [0, 0.1) is 6.07 Å². The van der Waals surface area contributed by atoms with Gasteiger partial charge < -0.3 is 5.11 Å². The Morgan fingerprint density at radius 3 is 2.28 bits per heavy atom. The minimum atomic E-state index is -0.125. The number of ketones is 1. The van der Waals surface area contributed by atoms with Crippen LogP contribution in [0.2, 0.25) is 0 Å². The average molecular weight is 597 g/mol. The van der Waals surface area contributed by atoms with Crippen LogP contribution in [-0.4, -0.2) is 15.9 Å². The first-order chi connectivity index (χ1) is 15.0. The molecule has 3 nitrogen and oxygen atoms in total. The van der Waals surface area contributed by atoms with E-state index < -0.39 is 0 Å². The van der Waals surface area contributed by atoms with Crippen molar-refractivity contribution in [2.75, 3.05) is 0 Å². The molecule has 4 aromatic rings. The fourth-order valence-electron chi connectivity index (χ4n) is 3.62. The van der Waals surface area contributed by atoms with Crippen LogP contribution in [-0.2, 0) is 24.9 Å². The van der Waals surface area contributed by atoms with Gasteiger partial charge in [-0.05, 0) is 36.7 Å². The minimum Gasteiger partial charge on any atom is -0.512 e. The number of allylic oxidation sites excluding steroid dienone is 2. The summed E-state index contributed by atoms with van der Waals surface area (Å²) in [7, 11) is 0. The molecule has 0 fully saturated rings. The summed E-state index contributed by atoms with van der Waals surface area (Å²) in [5.74, 6) is -0.0625. The fraction of sp³-hybridized carbons (Fsp3) is 0.0714. The molecule has 32 heavy (non-hydrogen) atoms. The number of carbonyl (C=O) groups is 1. The molecule has 5 rings (SSSR count). The molecular formula is C28H22IrNO2-. The van der Waals surface area contributed by atoms with E-state index in [-0.39, 0.29) is 31.6 Å². The van der Waals surface area contributed by atoms with Crippen LogP contribution in [0.15, 0.2) is 84.6 Å². The van der Waals surface area contributed by atoms with Crippen molar-refractivity contribution in [2.24, 2.45) is 0 Å². The van der Waals surface area contributed by atoms with Gasteiger partial charge in [-0.3, -0.25) is 9.78 Å². The molecule has 0 unspecified atom stereocenters. The zero-order chi connectivity index (χ0) is 21.8. The minimum absolute atomic E-state index is 0. The third-order valence-corrected chi connectivity index (χ3v) is 4.95. The summed E-state index contributed by atoms with van der Waals surface area (Å²) in [6, 6.07) is 28.5. The summed E-state index contributed by atoms with van der Waals surface area (Å²) < 4.78 is 0. The fourth-order valence-corrected chi connectivity index (χ4v) is 3.62. The summed E-state index contributed by atoms with van der Waals surface area (Å²) in [5.41, 5.74) is 7.92. The van der Waals surface area contributed by atoms with Crippen LogP contribution in [0.5, 0.6) is 0 Å². The van der Waals surface area contributed by atoms with Crippen LogP contribution >= 0.6 is 0 Å². The van der Waals surface area contributed by atoms with Gasteiger partial charge in [0.05, 0.1) is 11.3 Å². The summed E-state index contributed by atoms with van der Waals surface area (Å²) in [5, 5.41) is 9.62. The van der Waals surface area contributed by atoms with E-state index in [0.717, 1.165) is 16.8 Å². The second-order valence-electron chi connectivity index (χ2n) is 7.42. The van der Waals surface area contributed by atoms with Gasteiger partial charge in [0.2, 0.25) is 0 Å². The Hall–Kier alpha value is -3.33. The Morgan fingerprint density at radius 2 is 1.66 bits per heavy atom. The van der Waals surface area contributed by atoms with E-state index in [1.165, 1.54) is 47.6 Å². The molecular weight excluding hydrogens is 575 g/mol. The summed E-state index contributed by atoms with van der Waals surface area (Å²) in [6.45, 7) is 2.85. The van der Waals surface area contributed by atoms with Gasteiger partial charge in [-0.25, -0.2) is 0 Å². The van der Waals surface area contributed by atoms with Gasteiger partial charge in [0.1, 0.15) is 0 Å². The summed E-state index contributed by atoms with van der Waals surface area (Å²) in [4.78, 5) is 14.9. The number of hydrogen-bond acceptors (Lipinski definition) is 3. The molecule has 0 saturated carbocycles. The molecule has 3 aromatic carbocycles. The molecule has 0 spiro atoms. The van der Waals surface area contributed by atoms with Gasteiger partial charge in [0.25, 0.3) is 0 Å². The number of aromatic nitrogens is 1. The molecule has 1 heterocycles. The van der Waals surface area contributed by atoms with Crippen molar-refractivity contribution in [3.63, 3.8) is 0 Å². The quantitative estimate of drug-likeness (QED) is 0.140. The molecule has 1 aliphatic carbocycles. The third kappa shape index (κ3) is 5.28. The first kappa shape index (κ1) is 23.3. The second kappa shape index (κ2) is 10.3. The van der Waals surface area contributed by atoms with Gasteiger partial charge in [0, 0.05) is 31.6 Å². The zero-order valence-corrected chi connectivity index (χ0v) is 20.2. The van der Waals surface area contributed by atoms with Gasteiger partial charge in [-0.2, -0.15) is 0 Å². The molecule has 0 bridgehead atoms. The van der Waals surface area contributed by atoms with E-state index in [4.69, 9.17) is 10.1 Å². The van der Waals surface area contributed by atoms with Crippen molar-refractivity contribution in [1.29, 1.82) is 0 Å². The van der Waals surface area contributed by atoms with Gasteiger partial charge in [0.15, 0.2) is 5.78 Å². The van der Waals surface area contributed by atoms with E-state index in [1.54, 1.807) is 0 Å². The molecule has 0 atom stereocenters. The molecule has 0 aliphatic heterocycles. The number of rotatable bonds is 3. The predicted octanol–water partition coefficient (Wildman–Crippen LogP) is 6.89. The first-order valence-corrected chi connectivity index (χ1v) is 10.1. The second-order valence-corrected chi connectivity index (χ2v) is 7.42. The summed E-state index contributed by atoms with van der Waals surface area (Å²) >= 11 is 0. The van der Waals surface area contributed by atoms with Crippen LogP contribution < -0.4 is 0 Å². The first-order valence-electron chi connectivity index (χ1n) is 10.1. The molecule has 4 heteroatoms. The molecule has 1 aromatic heterocycles. The zero-order valence-electron chi connectivity index (χ0n) is 17.8. The van der Waals surface area contributed by atoms with Gasteiger partial charge in [-0.15, -0.1) is 29.8 Å². The van der Waals surface area contributed by atoms with Crippen LogP contribution in [0.3, 0.4) is 0 Å². The van der Waals surface area contributed by atoms with Gasteiger partial charge >= 0.3 is 0 Å². The standard InChI is InChI=1S/C23H14N.C5H8O2.Ir/c1-2-5-16(6-3-1)17-9-11-18(12-10-17)22-15-20-14-13-19-7-4-8-21(24-22)23(19)20;1-4(6)3-5(2)7;/h1-11,13-15H;3,6H,1-2H3;/q-1;;/b;4-3-;. The van der Waals surface area contributed by atoms with Gasteiger partial charge in [-0.1, -0.05) is 71.8 Å². The maximum absolute atomic E-state index is 10.0. The van der Waals surface area contributed by atoms with Crippen molar-refractivity contribution >= 4 is 28.8 Å². The number of pyridine rings is 1. The Kier molecular flexibility index (Phi) is 7.53. The molecule has 1 radical (unpaired) electrons. The molecule has 1 aliphatic rings. The number of hydrogen-bond donors (Lipinski definition) is 1. The monoisotopic (exact) mass is 597 g/mol. The molecule has 1 N–H and O–H groups in total.